The number of nitrogens with one attached hydrogen (secondary N) is 1. The fraction of sp³-hybridized carbons (Fsp3) is 0.412. The van der Waals surface area contributed by atoms with Gasteiger partial charge in [-0.15, -0.1) is 0 Å². The molecule has 2 heterocycles. The minimum atomic E-state index is -0.194. The summed E-state index contributed by atoms with van der Waals surface area (Å²) in [5.41, 5.74) is 1.90. The number of hydrogen-bond acceptors (Lipinski definition) is 5. The van der Waals surface area contributed by atoms with Crippen molar-refractivity contribution in [1.82, 2.24) is 20.3 Å². The van der Waals surface area contributed by atoms with Crippen molar-refractivity contribution in [2.75, 3.05) is 0 Å². The molecule has 0 saturated carbocycles. The highest BCUT2D eigenvalue weighted by Crippen LogP contribution is 2.27. The van der Waals surface area contributed by atoms with E-state index in [2.05, 4.69) is 20.3 Å². The van der Waals surface area contributed by atoms with Crippen molar-refractivity contribution in [2.24, 2.45) is 5.92 Å². The van der Waals surface area contributed by atoms with Crippen LogP contribution in [0.1, 0.15) is 30.9 Å². The largest absolute Gasteiger partial charge is 0.351 e. The van der Waals surface area contributed by atoms with Gasteiger partial charge >= 0.3 is 0 Å². The lowest BCUT2D eigenvalue weighted by atomic mass is 10.1. The van der Waals surface area contributed by atoms with E-state index >= 15 is 0 Å². The molecule has 0 aliphatic rings. The fourth-order valence-electron chi connectivity index (χ4n) is 2.16. The number of nitrogens with zero attached hydrogens (tertiary/aromatic N) is 3. The van der Waals surface area contributed by atoms with Gasteiger partial charge in [-0.05, 0) is 37.5 Å². The van der Waals surface area contributed by atoms with Crippen LogP contribution in [0.3, 0.4) is 0 Å². The molecule has 2 aromatic heterocycles. The molecule has 122 valence electrons. The Kier molecular flexibility index (Phi) is 6.10. The second-order valence-corrected chi connectivity index (χ2v) is 6.92. The van der Waals surface area contributed by atoms with Crippen LogP contribution in [0.2, 0.25) is 0 Å². The maximum absolute atomic E-state index is 12.5. The first kappa shape index (κ1) is 17.4. The van der Waals surface area contributed by atoms with Crippen LogP contribution in [0.4, 0.5) is 0 Å². The number of aryl methyl sites for hydroxylation is 2. The maximum Gasteiger partial charge on any atom is 0.234 e. The van der Waals surface area contributed by atoms with Crippen LogP contribution in [0, 0.1) is 19.8 Å². The topological polar surface area (TPSA) is 67.8 Å². The first-order chi connectivity index (χ1) is 11.0. The predicted molar refractivity (Wildman–Crippen MR) is 92.1 cm³/mol. The Hall–Kier alpha value is -1.95. The third-order valence-electron chi connectivity index (χ3n) is 3.24. The molecular formula is C17H22N4OS. The molecule has 0 radical (unpaired) electrons. The monoisotopic (exact) mass is 330 g/mol. The van der Waals surface area contributed by atoms with E-state index in [0.717, 1.165) is 22.1 Å². The van der Waals surface area contributed by atoms with Crippen LogP contribution >= 0.6 is 11.8 Å². The average molecular weight is 330 g/mol. The van der Waals surface area contributed by atoms with Crippen LogP contribution in [0.25, 0.3) is 0 Å². The van der Waals surface area contributed by atoms with Gasteiger partial charge in [0.25, 0.3) is 0 Å². The molecule has 1 N–H and O–H groups in total. The van der Waals surface area contributed by atoms with Crippen molar-refractivity contribution < 1.29 is 4.79 Å². The summed E-state index contributed by atoms with van der Waals surface area (Å²) in [6.45, 7) is 8.37. The Labute approximate surface area is 141 Å². The third-order valence-corrected chi connectivity index (χ3v) is 4.71. The molecule has 0 saturated heterocycles. The van der Waals surface area contributed by atoms with Gasteiger partial charge in [0.1, 0.15) is 10.9 Å². The van der Waals surface area contributed by atoms with Gasteiger partial charge in [-0.1, -0.05) is 31.7 Å². The summed E-state index contributed by atoms with van der Waals surface area (Å²) in [4.78, 5) is 25.3. The molecule has 2 rings (SSSR count). The summed E-state index contributed by atoms with van der Waals surface area (Å²) in [7, 11) is 0. The fourth-order valence-corrected chi connectivity index (χ4v) is 3.30. The number of amides is 1. The van der Waals surface area contributed by atoms with E-state index in [1.165, 1.54) is 11.8 Å². The summed E-state index contributed by atoms with van der Waals surface area (Å²) >= 11 is 1.49. The van der Waals surface area contributed by atoms with E-state index in [1.807, 2.05) is 45.9 Å². The van der Waals surface area contributed by atoms with Crippen LogP contribution in [-0.2, 0) is 11.3 Å². The Bertz CT molecular complexity index is 641. The molecule has 6 heteroatoms. The Morgan fingerprint density at radius 2 is 2.09 bits per heavy atom. The van der Waals surface area contributed by atoms with Crippen molar-refractivity contribution >= 4 is 17.7 Å². The zero-order valence-electron chi connectivity index (χ0n) is 13.9. The number of rotatable bonds is 6. The quantitative estimate of drug-likeness (QED) is 0.651. The summed E-state index contributed by atoms with van der Waals surface area (Å²) in [6.07, 6.45) is 3.48. The lowest BCUT2D eigenvalue weighted by Crippen LogP contribution is -2.35. The smallest absolute Gasteiger partial charge is 0.234 e. The number of thioether (sulfide) groups is 1. The van der Waals surface area contributed by atoms with Crippen LogP contribution in [-0.4, -0.2) is 26.1 Å². The lowest BCUT2D eigenvalue weighted by molar-refractivity contribution is -0.121. The molecule has 0 unspecified atom stereocenters. The highest BCUT2D eigenvalue weighted by atomic mass is 32.2. The number of aromatic nitrogens is 3. The molecule has 0 bridgehead atoms. The molecule has 1 atom stereocenters. The van der Waals surface area contributed by atoms with Gasteiger partial charge in [0.15, 0.2) is 0 Å². The van der Waals surface area contributed by atoms with Crippen molar-refractivity contribution in [1.29, 1.82) is 0 Å². The number of carbonyl (C=O) groups excluding carboxylic acids is 1. The van der Waals surface area contributed by atoms with E-state index in [9.17, 15) is 4.79 Å². The van der Waals surface area contributed by atoms with Crippen molar-refractivity contribution in [3.05, 3.63) is 47.7 Å². The Morgan fingerprint density at radius 3 is 2.70 bits per heavy atom. The highest BCUT2D eigenvalue weighted by molar-refractivity contribution is 8.00. The molecule has 5 nitrogen and oxygen atoms in total. The Balaban J connectivity index is 2.03. The number of carbonyl (C=O) groups is 1. The van der Waals surface area contributed by atoms with Crippen molar-refractivity contribution in [2.45, 2.75) is 44.5 Å². The average Bonchev–Trinajstić information content (AvgIpc) is 2.50. The molecular weight excluding hydrogens is 308 g/mol. The standard InChI is InChI=1S/C17H22N4OS/c1-11(2)16(23-15-8-12(3)20-13(4)21-15)17(22)19-10-14-6-5-7-18-9-14/h5-9,11,16H,10H2,1-4H3,(H,19,22)/t16-/m1/s1. The molecule has 0 aliphatic heterocycles. The van der Waals surface area contributed by atoms with Gasteiger partial charge in [-0.25, -0.2) is 9.97 Å². The number of pyridine rings is 1. The second-order valence-electron chi connectivity index (χ2n) is 5.76. The summed E-state index contributed by atoms with van der Waals surface area (Å²) in [5, 5.41) is 3.63. The summed E-state index contributed by atoms with van der Waals surface area (Å²) in [6, 6.07) is 5.73. The van der Waals surface area contributed by atoms with E-state index in [-0.39, 0.29) is 17.1 Å². The van der Waals surface area contributed by atoms with E-state index in [0.29, 0.717) is 6.54 Å². The van der Waals surface area contributed by atoms with E-state index in [1.54, 1.807) is 12.4 Å². The molecule has 0 spiro atoms. The summed E-state index contributed by atoms with van der Waals surface area (Å²) < 4.78 is 0. The van der Waals surface area contributed by atoms with Gasteiger partial charge in [0.2, 0.25) is 5.91 Å². The van der Waals surface area contributed by atoms with Gasteiger partial charge in [0, 0.05) is 24.6 Å². The van der Waals surface area contributed by atoms with Gasteiger partial charge < -0.3 is 5.32 Å². The van der Waals surface area contributed by atoms with E-state index in [4.69, 9.17) is 0 Å². The maximum atomic E-state index is 12.5. The van der Waals surface area contributed by atoms with Crippen LogP contribution < -0.4 is 5.32 Å². The van der Waals surface area contributed by atoms with Gasteiger partial charge in [0.05, 0.1) is 5.25 Å². The third kappa shape index (κ3) is 5.32. The number of hydrogen-bond donors (Lipinski definition) is 1. The van der Waals surface area contributed by atoms with Crippen LogP contribution in [0.15, 0.2) is 35.6 Å². The van der Waals surface area contributed by atoms with Crippen LogP contribution in [0.5, 0.6) is 0 Å². The predicted octanol–water partition coefficient (Wildman–Crippen LogP) is 2.92. The first-order valence-electron chi connectivity index (χ1n) is 7.61. The molecule has 0 fully saturated rings. The van der Waals surface area contributed by atoms with Gasteiger partial charge in [-0.2, -0.15) is 0 Å². The molecule has 0 aromatic carbocycles. The molecule has 23 heavy (non-hydrogen) atoms. The zero-order valence-corrected chi connectivity index (χ0v) is 14.7. The normalized spacial score (nSPS) is 12.2. The Morgan fingerprint density at radius 1 is 1.30 bits per heavy atom. The second kappa shape index (κ2) is 8.06. The zero-order chi connectivity index (χ0) is 16.8. The molecule has 0 aliphatic carbocycles. The minimum Gasteiger partial charge on any atom is -0.351 e. The highest BCUT2D eigenvalue weighted by Gasteiger charge is 2.24. The van der Waals surface area contributed by atoms with Crippen molar-refractivity contribution in [3.8, 4) is 0 Å². The SMILES string of the molecule is Cc1cc(S[C@@H](C(=O)NCc2cccnc2)C(C)C)nc(C)n1. The summed E-state index contributed by atoms with van der Waals surface area (Å²) in [5.74, 6) is 0.943. The van der Waals surface area contributed by atoms with E-state index < -0.39 is 0 Å². The molecule has 2 aromatic rings. The molecule has 1 amide bonds. The minimum absolute atomic E-state index is 0.0165. The first-order valence-corrected chi connectivity index (χ1v) is 8.49. The lowest BCUT2D eigenvalue weighted by Gasteiger charge is -2.19. The van der Waals surface area contributed by atoms with Crippen molar-refractivity contribution in [3.63, 3.8) is 0 Å². The van der Waals surface area contributed by atoms with Gasteiger partial charge in [-0.3, -0.25) is 9.78 Å².